The number of benzene rings is 2. The van der Waals surface area contributed by atoms with E-state index in [-0.39, 0.29) is 43.2 Å². The van der Waals surface area contributed by atoms with E-state index in [0.717, 1.165) is 16.8 Å². The van der Waals surface area contributed by atoms with Crippen LogP contribution in [0.25, 0.3) is 16.6 Å². The summed E-state index contributed by atoms with van der Waals surface area (Å²) in [5.74, 6) is -0.151. The smallest absolute Gasteiger partial charge is 0.266 e. The van der Waals surface area contributed by atoms with E-state index < -0.39 is 0 Å². The lowest BCUT2D eigenvalue weighted by molar-refractivity contribution is -0.128. The molecule has 2 aromatic carbocycles. The van der Waals surface area contributed by atoms with Crippen molar-refractivity contribution >= 4 is 28.6 Å². The van der Waals surface area contributed by atoms with Crippen molar-refractivity contribution < 1.29 is 4.79 Å². The summed E-state index contributed by atoms with van der Waals surface area (Å²) < 4.78 is 1.57. The summed E-state index contributed by atoms with van der Waals surface area (Å²) in [7, 11) is 0. The first-order valence-corrected chi connectivity index (χ1v) is 11.2. The number of carbonyl (C=O) groups is 1. The van der Waals surface area contributed by atoms with Gasteiger partial charge in [-0.2, -0.15) is 10.5 Å². The van der Waals surface area contributed by atoms with Crippen molar-refractivity contribution in [1.82, 2.24) is 14.5 Å². The summed E-state index contributed by atoms with van der Waals surface area (Å²) in [4.78, 5) is 32.4. The number of amides is 1. The van der Waals surface area contributed by atoms with Crippen molar-refractivity contribution in [2.24, 2.45) is 0 Å². The van der Waals surface area contributed by atoms with Crippen LogP contribution in [-0.4, -0.2) is 39.2 Å². The van der Waals surface area contributed by atoms with Crippen molar-refractivity contribution in [2.75, 3.05) is 18.8 Å². The molecule has 0 atom stereocenters. The normalized spacial score (nSPS) is 10.5. The van der Waals surface area contributed by atoms with Crippen LogP contribution in [0.3, 0.4) is 0 Å². The number of nitriles is 2. The Bertz CT molecular complexity index is 1270. The number of thioether (sulfide) groups is 1. The zero-order valence-electron chi connectivity index (χ0n) is 18.0. The molecular weight excluding hydrogens is 422 g/mol. The van der Waals surface area contributed by atoms with Crippen LogP contribution in [0.1, 0.15) is 24.0 Å². The highest BCUT2D eigenvalue weighted by Gasteiger charge is 2.19. The van der Waals surface area contributed by atoms with Crippen LogP contribution in [0.2, 0.25) is 0 Å². The van der Waals surface area contributed by atoms with Gasteiger partial charge in [0, 0.05) is 13.1 Å². The summed E-state index contributed by atoms with van der Waals surface area (Å²) in [5, 5.41) is 18.7. The van der Waals surface area contributed by atoms with E-state index in [2.05, 4.69) is 4.98 Å². The average Bonchev–Trinajstić information content (AvgIpc) is 2.80. The minimum absolute atomic E-state index is 0.0481. The third kappa shape index (κ3) is 4.99. The Labute approximate surface area is 190 Å². The fourth-order valence-corrected chi connectivity index (χ4v) is 4.26. The number of para-hydroxylation sites is 1. The number of hydrogen-bond donors (Lipinski definition) is 0. The maximum absolute atomic E-state index is 13.4. The minimum Gasteiger partial charge on any atom is -0.340 e. The fourth-order valence-electron chi connectivity index (χ4n) is 3.35. The molecule has 1 aromatic heterocycles. The third-order valence-corrected chi connectivity index (χ3v) is 6.15. The van der Waals surface area contributed by atoms with Crippen molar-refractivity contribution in [3.05, 3.63) is 63.9 Å². The van der Waals surface area contributed by atoms with Gasteiger partial charge < -0.3 is 4.90 Å². The maximum Gasteiger partial charge on any atom is 0.266 e. The Morgan fingerprint density at radius 3 is 2.44 bits per heavy atom. The van der Waals surface area contributed by atoms with E-state index in [4.69, 9.17) is 10.5 Å². The summed E-state index contributed by atoms with van der Waals surface area (Å²) >= 11 is 1.18. The Morgan fingerprint density at radius 1 is 1.06 bits per heavy atom. The number of rotatable bonds is 8. The van der Waals surface area contributed by atoms with Crippen LogP contribution in [0.15, 0.2) is 52.4 Å². The standard InChI is InChI=1S/C24H23N5O2S/c1-17-8-5-11-21(18(17)2)29-23(31)19-9-3-4-10-20(19)27-24(29)32-16-22(30)28(14-6-12-25)15-7-13-26/h3-5,8-11H,6-7,14-16H2,1-2H3. The van der Waals surface area contributed by atoms with E-state index in [1.165, 1.54) is 16.7 Å². The lowest BCUT2D eigenvalue weighted by Gasteiger charge is -2.21. The zero-order valence-corrected chi connectivity index (χ0v) is 18.9. The van der Waals surface area contributed by atoms with Crippen molar-refractivity contribution in [3.63, 3.8) is 0 Å². The molecule has 0 saturated carbocycles. The molecular formula is C24H23N5O2S. The first-order valence-electron chi connectivity index (χ1n) is 10.2. The predicted molar refractivity (Wildman–Crippen MR) is 125 cm³/mol. The van der Waals surface area contributed by atoms with E-state index in [1.807, 2.05) is 50.3 Å². The molecule has 162 valence electrons. The van der Waals surface area contributed by atoms with Gasteiger partial charge in [0.05, 0.1) is 47.3 Å². The summed E-state index contributed by atoms with van der Waals surface area (Å²) in [5.41, 5.74) is 3.12. The van der Waals surface area contributed by atoms with Crippen molar-refractivity contribution in [1.29, 1.82) is 10.5 Å². The molecule has 0 fully saturated rings. The van der Waals surface area contributed by atoms with Crippen molar-refractivity contribution in [2.45, 2.75) is 31.8 Å². The molecule has 0 aliphatic carbocycles. The molecule has 0 spiro atoms. The molecule has 7 nitrogen and oxygen atoms in total. The van der Waals surface area contributed by atoms with Gasteiger partial charge >= 0.3 is 0 Å². The van der Waals surface area contributed by atoms with Gasteiger partial charge in [-0.25, -0.2) is 4.98 Å². The molecule has 0 N–H and O–H groups in total. The predicted octanol–water partition coefficient (Wildman–Crippen LogP) is 3.75. The quantitative estimate of drug-likeness (QED) is 0.386. The van der Waals surface area contributed by atoms with E-state index in [9.17, 15) is 9.59 Å². The average molecular weight is 446 g/mol. The molecule has 0 bridgehead atoms. The topological polar surface area (TPSA) is 103 Å². The number of nitrogens with zero attached hydrogens (tertiary/aromatic N) is 5. The first-order chi connectivity index (χ1) is 15.5. The molecule has 0 radical (unpaired) electrons. The first kappa shape index (κ1) is 23.1. The molecule has 1 amide bonds. The van der Waals surface area contributed by atoms with Gasteiger partial charge in [0.2, 0.25) is 5.91 Å². The molecule has 0 unspecified atom stereocenters. The number of carbonyl (C=O) groups excluding carboxylic acids is 1. The highest BCUT2D eigenvalue weighted by atomic mass is 32.2. The molecule has 0 saturated heterocycles. The Kier molecular flexibility index (Phi) is 7.64. The van der Waals surface area contributed by atoms with E-state index >= 15 is 0 Å². The third-order valence-electron chi connectivity index (χ3n) is 5.23. The maximum atomic E-state index is 13.4. The number of aromatic nitrogens is 2. The Morgan fingerprint density at radius 2 is 1.75 bits per heavy atom. The lowest BCUT2D eigenvalue weighted by atomic mass is 10.1. The van der Waals surface area contributed by atoms with Crippen LogP contribution in [-0.2, 0) is 4.79 Å². The van der Waals surface area contributed by atoms with Gasteiger partial charge in [0.15, 0.2) is 5.16 Å². The van der Waals surface area contributed by atoms with Gasteiger partial charge in [-0.15, -0.1) is 0 Å². The molecule has 3 aromatic rings. The van der Waals surface area contributed by atoms with Crippen LogP contribution in [0.5, 0.6) is 0 Å². The van der Waals surface area contributed by atoms with E-state index in [0.29, 0.717) is 16.1 Å². The van der Waals surface area contributed by atoms with Crippen LogP contribution in [0.4, 0.5) is 0 Å². The van der Waals surface area contributed by atoms with Crippen LogP contribution < -0.4 is 5.56 Å². The highest BCUT2D eigenvalue weighted by molar-refractivity contribution is 7.99. The SMILES string of the molecule is Cc1cccc(-n2c(SCC(=O)N(CCC#N)CCC#N)nc3ccccc3c2=O)c1C. The Balaban J connectivity index is 2.01. The van der Waals surface area contributed by atoms with Gasteiger partial charge in [-0.3, -0.25) is 14.2 Å². The lowest BCUT2D eigenvalue weighted by Crippen LogP contribution is -2.34. The van der Waals surface area contributed by atoms with Gasteiger partial charge in [-0.1, -0.05) is 36.0 Å². The van der Waals surface area contributed by atoms with Crippen LogP contribution >= 0.6 is 11.8 Å². The second kappa shape index (κ2) is 10.6. The number of hydrogen-bond acceptors (Lipinski definition) is 6. The fraction of sp³-hybridized carbons (Fsp3) is 0.292. The second-order valence-corrected chi connectivity index (χ2v) is 8.20. The second-order valence-electron chi connectivity index (χ2n) is 7.26. The van der Waals surface area contributed by atoms with Crippen molar-refractivity contribution in [3.8, 4) is 17.8 Å². The summed E-state index contributed by atoms with van der Waals surface area (Å²) in [6.45, 7) is 4.48. The Hall–Kier alpha value is -3.62. The number of fused-ring (bicyclic) bond motifs is 1. The monoisotopic (exact) mass is 445 g/mol. The zero-order chi connectivity index (χ0) is 23.1. The molecule has 3 rings (SSSR count). The van der Waals surface area contributed by atoms with Crippen LogP contribution in [0, 0.1) is 36.5 Å². The molecule has 0 aliphatic rings. The molecule has 32 heavy (non-hydrogen) atoms. The number of aryl methyl sites for hydroxylation is 1. The molecule has 8 heteroatoms. The van der Waals surface area contributed by atoms with Gasteiger partial charge in [0.1, 0.15) is 0 Å². The van der Waals surface area contributed by atoms with Gasteiger partial charge in [0.25, 0.3) is 5.56 Å². The largest absolute Gasteiger partial charge is 0.340 e. The molecule has 0 aliphatic heterocycles. The highest BCUT2D eigenvalue weighted by Crippen LogP contribution is 2.24. The summed E-state index contributed by atoms with van der Waals surface area (Å²) in [6.07, 6.45) is 0.395. The van der Waals surface area contributed by atoms with Gasteiger partial charge in [-0.05, 0) is 43.2 Å². The minimum atomic E-state index is -0.199. The summed E-state index contributed by atoms with van der Waals surface area (Å²) in [6, 6.07) is 17.0. The van der Waals surface area contributed by atoms with E-state index in [1.54, 1.807) is 22.8 Å². The molecule has 1 heterocycles.